The van der Waals surface area contributed by atoms with Crippen LogP contribution in [0.4, 0.5) is 21.6 Å². The van der Waals surface area contributed by atoms with Gasteiger partial charge < -0.3 is 21.1 Å². The van der Waals surface area contributed by atoms with Crippen LogP contribution in [0.15, 0.2) is 30.5 Å². The van der Waals surface area contributed by atoms with Gasteiger partial charge in [-0.2, -0.15) is 0 Å². The lowest BCUT2D eigenvalue weighted by Gasteiger charge is -2.23. The fourth-order valence-electron chi connectivity index (χ4n) is 2.93. The number of anilines is 3. The molecule has 0 radical (unpaired) electrons. The van der Waals surface area contributed by atoms with Crippen LogP contribution in [0, 0.1) is 6.92 Å². The summed E-state index contributed by atoms with van der Waals surface area (Å²) in [6, 6.07) is 7.71. The number of halogens is 1. The Morgan fingerprint density at radius 2 is 2.03 bits per heavy atom. The third kappa shape index (κ3) is 5.89. The summed E-state index contributed by atoms with van der Waals surface area (Å²) in [5.74, 6) is 0.107. The molecule has 0 fully saturated rings. The second kappa shape index (κ2) is 9.15. The van der Waals surface area contributed by atoms with Gasteiger partial charge in [-0.1, -0.05) is 0 Å². The molecule has 31 heavy (non-hydrogen) atoms. The minimum atomic E-state index is -1.59. The number of nitrogens with one attached hydrogen (secondary N) is 3. The first-order valence-electron chi connectivity index (χ1n) is 10.1. The smallest absolute Gasteiger partial charge is 0.255 e. The number of pyridine rings is 1. The Balaban J connectivity index is 1.80. The number of fused-ring (bicyclic) bond motifs is 1. The molecule has 2 aromatic heterocycles. The largest absolute Gasteiger partial charge is 0.387 e. The summed E-state index contributed by atoms with van der Waals surface area (Å²) in [5.41, 5.74) is 1.17. The summed E-state index contributed by atoms with van der Waals surface area (Å²) in [6.07, 6.45) is -0.133. The van der Waals surface area contributed by atoms with E-state index in [2.05, 4.69) is 25.9 Å². The summed E-state index contributed by atoms with van der Waals surface area (Å²) < 4.78 is 15.1. The van der Waals surface area contributed by atoms with E-state index in [1.807, 2.05) is 39.0 Å². The lowest BCUT2D eigenvalue weighted by molar-refractivity contribution is -0.00177. The third-order valence-corrected chi connectivity index (χ3v) is 5.50. The van der Waals surface area contributed by atoms with Crippen molar-refractivity contribution in [2.45, 2.75) is 52.4 Å². The quantitative estimate of drug-likeness (QED) is 0.410. The Morgan fingerprint density at radius 1 is 1.29 bits per heavy atom. The van der Waals surface area contributed by atoms with Crippen molar-refractivity contribution in [3.63, 3.8) is 0 Å². The normalized spacial score (nSPS) is 12.8. The Bertz CT molecular complexity index is 1080. The number of hydrogen-bond donors (Lipinski definition) is 4. The average Bonchev–Trinajstić information content (AvgIpc) is 3.04. The van der Waals surface area contributed by atoms with Crippen molar-refractivity contribution in [3.8, 4) is 0 Å². The summed E-state index contributed by atoms with van der Waals surface area (Å²) >= 11 is 1.62. The number of rotatable bonds is 8. The van der Waals surface area contributed by atoms with Gasteiger partial charge in [0.25, 0.3) is 5.91 Å². The lowest BCUT2D eigenvalue weighted by atomic mass is 10.0. The van der Waals surface area contributed by atoms with Crippen LogP contribution in [0.25, 0.3) is 10.2 Å². The maximum absolute atomic E-state index is 14.0. The summed E-state index contributed by atoms with van der Waals surface area (Å²) in [4.78, 5) is 21.5. The van der Waals surface area contributed by atoms with Crippen LogP contribution in [0.3, 0.4) is 0 Å². The van der Waals surface area contributed by atoms with Crippen molar-refractivity contribution in [2.24, 2.45) is 0 Å². The first-order valence-corrected chi connectivity index (χ1v) is 10.9. The molecule has 1 atom stereocenters. The molecule has 4 N–H and O–H groups in total. The average molecular weight is 446 g/mol. The van der Waals surface area contributed by atoms with Crippen LogP contribution >= 0.6 is 11.3 Å². The molecule has 0 aliphatic heterocycles. The van der Waals surface area contributed by atoms with Gasteiger partial charge in [-0.3, -0.25) is 4.79 Å². The van der Waals surface area contributed by atoms with Gasteiger partial charge in [0.15, 0.2) is 0 Å². The van der Waals surface area contributed by atoms with E-state index in [9.17, 15) is 14.3 Å². The van der Waals surface area contributed by atoms with Gasteiger partial charge in [-0.05, 0) is 52.8 Å². The predicted molar refractivity (Wildman–Crippen MR) is 124 cm³/mol. The van der Waals surface area contributed by atoms with Crippen LogP contribution in [-0.2, 0) is 0 Å². The molecule has 9 heteroatoms. The van der Waals surface area contributed by atoms with Crippen molar-refractivity contribution in [1.29, 1.82) is 0 Å². The number of nitrogens with zero attached hydrogens (tertiary/aromatic N) is 2. The number of carbonyl (C=O) groups excluding carboxylic acids is 1. The van der Waals surface area contributed by atoms with Crippen molar-refractivity contribution < 1.29 is 14.3 Å². The van der Waals surface area contributed by atoms with Crippen LogP contribution in [0.2, 0.25) is 0 Å². The van der Waals surface area contributed by atoms with Gasteiger partial charge in [0, 0.05) is 24.0 Å². The zero-order chi connectivity index (χ0) is 22.8. The number of aromatic nitrogens is 2. The van der Waals surface area contributed by atoms with Crippen LogP contribution < -0.4 is 16.0 Å². The van der Waals surface area contributed by atoms with E-state index >= 15 is 0 Å². The maximum Gasteiger partial charge on any atom is 0.255 e. The molecule has 166 valence electrons. The molecule has 0 bridgehead atoms. The standard InChI is InChI=1S/C22H28FN5O2S/c1-12(2)26-17-9-20(28-14-6-7-16-18(8-14)31-13(3)27-16)24-10-15(17)21(29)25-11-19(23)22(4,5)30/h6-10,12,19,30H,11H2,1-5H3,(H,25,29)(H2,24,26,28)/t19-/m1/s1. The summed E-state index contributed by atoms with van der Waals surface area (Å²) in [7, 11) is 0. The van der Waals surface area contributed by atoms with E-state index in [0.717, 1.165) is 20.9 Å². The second-order valence-corrected chi connectivity index (χ2v) is 9.52. The summed E-state index contributed by atoms with van der Waals surface area (Å²) in [6.45, 7) is 8.32. The number of aryl methyl sites for hydroxylation is 1. The Morgan fingerprint density at radius 3 is 2.71 bits per heavy atom. The van der Waals surface area contributed by atoms with Crippen molar-refractivity contribution in [3.05, 3.63) is 41.0 Å². The molecule has 0 spiro atoms. The fourth-order valence-corrected chi connectivity index (χ4v) is 3.79. The molecule has 2 heterocycles. The Labute approximate surface area is 185 Å². The molecule has 0 unspecified atom stereocenters. The SMILES string of the molecule is Cc1nc2ccc(Nc3cc(NC(C)C)c(C(=O)NC[C@@H](F)C(C)(C)O)cn3)cc2s1. The number of hydrogen-bond acceptors (Lipinski definition) is 7. The van der Waals surface area contributed by atoms with Gasteiger partial charge in [-0.25, -0.2) is 14.4 Å². The van der Waals surface area contributed by atoms with Gasteiger partial charge in [0.2, 0.25) is 0 Å². The number of thiazole rings is 1. The number of carbonyl (C=O) groups is 1. The first kappa shape index (κ1) is 22.9. The third-order valence-electron chi connectivity index (χ3n) is 4.57. The van der Waals surface area contributed by atoms with E-state index in [-0.39, 0.29) is 12.6 Å². The van der Waals surface area contributed by atoms with Gasteiger partial charge in [-0.15, -0.1) is 11.3 Å². The lowest BCUT2D eigenvalue weighted by Crippen LogP contribution is -2.42. The summed E-state index contributed by atoms with van der Waals surface area (Å²) in [5, 5.41) is 19.8. The number of benzene rings is 1. The molecular formula is C22H28FN5O2S. The second-order valence-electron chi connectivity index (χ2n) is 8.29. The van der Waals surface area contributed by atoms with Gasteiger partial charge >= 0.3 is 0 Å². The molecule has 3 rings (SSSR count). The number of amides is 1. The highest BCUT2D eigenvalue weighted by molar-refractivity contribution is 7.18. The predicted octanol–water partition coefficient (Wildman–Crippen LogP) is 4.40. The van der Waals surface area contributed by atoms with Gasteiger partial charge in [0.05, 0.1) is 38.6 Å². The molecule has 1 amide bonds. The Hall–Kier alpha value is -2.78. The minimum Gasteiger partial charge on any atom is -0.387 e. The molecule has 0 saturated heterocycles. The molecule has 0 aliphatic rings. The molecule has 7 nitrogen and oxygen atoms in total. The number of alkyl halides is 1. The van der Waals surface area contributed by atoms with Crippen molar-refractivity contribution >= 4 is 44.7 Å². The van der Waals surface area contributed by atoms with Crippen LogP contribution in [0.1, 0.15) is 43.1 Å². The van der Waals surface area contributed by atoms with E-state index < -0.39 is 17.7 Å². The highest BCUT2D eigenvalue weighted by atomic mass is 32.1. The highest BCUT2D eigenvalue weighted by Gasteiger charge is 2.27. The molecule has 3 aromatic rings. The van der Waals surface area contributed by atoms with E-state index in [0.29, 0.717) is 17.1 Å². The van der Waals surface area contributed by atoms with Crippen LogP contribution in [0.5, 0.6) is 0 Å². The van der Waals surface area contributed by atoms with E-state index in [1.165, 1.54) is 20.0 Å². The molecular weight excluding hydrogens is 417 g/mol. The van der Waals surface area contributed by atoms with E-state index in [1.54, 1.807) is 17.4 Å². The van der Waals surface area contributed by atoms with Gasteiger partial charge in [0.1, 0.15) is 12.0 Å². The van der Waals surface area contributed by atoms with Crippen LogP contribution in [-0.4, -0.2) is 45.3 Å². The van der Waals surface area contributed by atoms with Crippen molar-refractivity contribution in [1.82, 2.24) is 15.3 Å². The topological polar surface area (TPSA) is 99.2 Å². The monoisotopic (exact) mass is 445 g/mol. The molecule has 0 saturated carbocycles. The zero-order valence-electron chi connectivity index (χ0n) is 18.3. The highest BCUT2D eigenvalue weighted by Crippen LogP contribution is 2.27. The molecule has 1 aromatic carbocycles. The first-order chi connectivity index (χ1) is 14.5. The Kier molecular flexibility index (Phi) is 6.76. The zero-order valence-corrected chi connectivity index (χ0v) is 19.1. The molecule has 0 aliphatic carbocycles. The minimum absolute atomic E-state index is 0.0728. The maximum atomic E-state index is 14.0. The fraction of sp³-hybridized carbons (Fsp3) is 0.409. The van der Waals surface area contributed by atoms with E-state index in [4.69, 9.17) is 0 Å². The van der Waals surface area contributed by atoms with Crippen molar-refractivity contribution in [2.75, 3.05) is 17.2 Å². The number of aliphatic hydroxyl groups is 1.